The van der Waals surface area contributed by atoms with Crippen molar-refractivity contribution in [3.05, 3.63) is 29.8 Å². The van der Waals surface area contributed by atoms with Crippen LogP contribution in [0.15, 0.2) is 29.2 Å². The molecule has 0 aromatic heterocycles. The fraction of sp³-hybridized carbons (Fsp3) is 0.562. The van der Waals surface area contributed by atoms with Crippen molar-refractivity contribution in [3.8, 4) is 0 Å². The number of rotatable bonds is 7. The molecule has 0 saturated heterocycles. The molecule has 1 N–H and O–H groups in total. The highest BCUT2D eigenvalue weighted by Gasteiger charge is 2.08. The Morgan fingerprint density at radius 1 is 1.35 bits per heavy atom. The Balaban J connectivity index is 2.38. The first kappa shape index (κ1) is 17.1. The molecule has 0 bridgehead atoms. The van der Waals surface area contributed by atoms with Gasteiger partial charge in [0.2, 0.25) is 0 Å². The van der Waals surface area contributed by atoms with E-state index in [2.05, 4.69) is 55.1 Å². The highest BCUT2D eigenvalue weighted by atomic mass is 32.2. The van der Waals surface area contributed by atoms with Crippen LogP contribution in [0, 0.1) is 0 Å². The molecule has 4 heteroatoms. The number of hydrogen-bond donors (Lipinski definition) is 1. The molecule has 0 atom stereocenters. The molecule has 0 fully saturated rings. The lowest BCUT2D eigenvalue weighted by atomic mass is 10.1. The van der Waals surface area contributed by atoms with Crippen LogP contribution < -0.4 is 5.32 Å². The summed E-state index contributed by atoms with van der Waals surface area (Å²) in [4.78, 5) is 12.3. The second kappa shape index (κ2) is 8.32. The van der Waals surface area contributed by atoms with Gasteiger partial charge in [0.25, 0.3) is 0 Å². The smallest absolute Gasteiger partial charge is 0.305 e. The molecule has 3 nitrogen and oxygen atoms in total. The van der Waals surface area contributed by atoms with Gasteiger partial charge >= 0.3 is 5.97 Å². The lowest BCUT2D eigenvalue weighted by Crippen LogP contribution is -2.35. The van der Waals surface area contributed by atoms with Crippen molar-refractivity contribution in [2.45, 2.75) is 50.6 Å². The van der Waals surface area contributed by atoms with Crippen molar-refractivity contribution in [3.63, 3.8) is 0 Å². The van der Waals surface area contributed by atoms with Gasteiger partial charge in [0.05, 0.1) is 7.11 Å². The maximum Gasteiger partial charge on any atom is 0.305 e. The highest BCUT2D eigenvalue weighted by Crippen LogP contribution is 2.21. The fourth-order valence-corrected chi connectivity index (χ4v) is 2.55. The van der Waals surface area contributed by atoms with E-state index in [9.17, 15) is 4.79 Å². The van der Waals surface area contributed by atoms with Crippen LogP contribution in [0.25, 0.3) is 0 Å². The van der Waals surface area contributed by atoms with E-state index in [1.807, 2.05) is 0 Å². The van der Waals surface area contributed by atoms with Crippen LogP contribution in [-0.2, 0) is 16.1 Å². The Morgan fingerprint density at radius 2 is 2.10 bits per heavy atom. The van der Waals surface area contributed by atoms with Gasteiger partial charge in [-0.1, -0.05) is 12.1 Å². The third-order valence-corrected chi connectivity index (χ3v) is 3.82. The number of esters is 1. The predicted octanol–water partition coefficient (Wildman–Crippen LogP) is 3.62. The normalized spacial score (nSPS) is 11.4. The summed E-state index contributed by atoms with van der Waals surface area (Å²) in [6.07, 6.45) is 1.34. The summed E-state index contributed by atoms with van der Waals surface area (Å²) >= 11 is 1.78. The van der Waals surface area contributed by atoms with Gasteiger partial charge in [-0.25, -0.2) is 0 Å². The van der Waals surface area contributed by atoms with Crippen LogP contribution in [-0.4, -0.2) is 24.4 Å². The van der Waals surface area contributed by atoms with Gasteiger partial charge in [0.1, 0.15) is 0 Å². The van der Waals surface area contributed by atoms with E-state index >= 15 is 0 Å². The summed E-state index contributed by atoms with van der Waals surface area (Å²) in [5, 5.41) is 3.48. The third kappa shape index (κ3) is 7.56. The zero-order valence-electron chi connectivity index (χ0n) is 12.9. The van der Waals surface area contributed by atoms with Gasteiger partial charge in [0, 0.05) is 23.4 Å². The third-order valence-electron chi connectivity index (χ3n) is 2.74. The summed E-state index contributed by atoms with van der Waals surface area (Å²) in [5.74, 6) is 0.805. The van der Waals surface area contributed by atoms with Crippen molar-refractivity contribution in [1.82, 2.24) is 5.32 Å². The SMILES string of the molecule is COC(=O)CCCSc1cccc(CNC(C)(C)C)c1. The standard InChI is InChI=1S/C16H25NO2S/c1-16(2,3)17-12-13-7-5-8-14(11-13)20-10-6-9-15(18)19-4/h5,7-8,11,17H,6,9-10,12H2,1-4H3. The van der Waals surface area contributed by atoms with E-state index in [1.54, 1.807) is 11.8 Å². The van der Waals surface area contributed by atoms with E-state index in [1.165, 1.54) is 17.6 Å². The van der Waals surface area contributed by atoms with Crippen molar-refractivity contribution >= 4 is 17.7 Å². The highest BCUT2D eigenvalue weighted by molar-refractivity contribution is 7.99. The second-order valence-corrected chi connectivity index (χ2v) is 6.95. The summed E-state index contributed by atoms with van der Waals surface area (Å²) in [5.41, 5.74) is 1.42. The van der Waals surface area contributed by atoms with Crippen molar-refractivity contribution in [2.75, 3.05) is 12.9 Å². The summed E-state index contributed by atoms with van der Waals surface area (Å²) in [6.45, 7) is 7.37. The van der Waals surface area contributed by atoms with E-state index in [0.717, 1.165) is 18.7 Å². The Labute approximate surface area is 126 Å². The largest absolute Gasteiger partial charge is 0.469 e. The molecule has 0 amide bonds. The van der Waals surface area contributed by atoms with Crippen molar-refractivity contribution in [2.24, 2.45) is 0 Å². The molecule has 0 heterocycles. The number of benzene rings is 1. The van der Waals surface area contributed by atoms with E-state index < -0.39 is 0 Å². The molecule has 0 aliphatic carbocycles. The molecule has 0 spiro atoms. The zero-order chi connectivity index (χ0) is 15.0. The molecule has 1 aromatic rings. The van der Waals surface area contributed by atoms with Crippen LogP contribution in [0.5, 0.6) is 0 Å². The quantitative estimate of drug-likeness (QED) is 0.474. The Bertz CT molecular complexity index is 427. The van der Waals surface area contributed by atoms with Gasteiger partial charge in [0.15, 0.2) is 0 Å². The predicted molar refractivity (Wildman–Crippen MR) is 85.0 cm³/mol. The summed E-state index contributed by atoms with van der Waals surface area (Å²) < 4.78 is 4.63. The second-order valence-electron chi connectivity index (χ2n) is 5.78. The van der Waals surface area contributed by atoms with Crippen LogP contribution in [0.3, 0.4) is 0 Å². The molecular weight excluding hydrogens is 270 g/mol. The molecule has 20 heavy (non-hydrogen) atoms. The number of carbonyl (C=O) groups is 1. The van der Waals surface area contributed by atoms with Gasteiger partial charge in [-0.15, -0.1) is 11.8 Å². The van der Waals surface area contributed by atoms with Crippen LogP contribution in [0.4, 0.5) is 0 Å². The Hall–Kier alpha value is -1.00. The number of ether oxygens (including phenoxy) is 1. The molecule has 1 rings (SSSR count). The molecule has 1 aromatic carbocycles. The number of thioether (sulfide) groups is 1. The van der Waals surface area contributed by atoms with E-state index in [4.69, 9.17) is 0 Å². The first-order chi connectivity index (χ1) is 9.40. The van der Waals surface area contributed by atoms with Gasteiger partial charge < -0.3 is 10.1 Å². The first-order valence-corrected chi connectivity index (χ1v) is 7.93. The van der Waals surface area contributed by atoms with Crippen molar-refractivity contribution < 1.29 is 9.53 Å². The minimum Gasteiger partial charge on any atom is -0.469 e. The lowest BCUT2D eigenvalue weighted by molar-refractivity contribution is -0.140. The molecule has 0 aliphatic rings. The molecule has 0 unspecified atom stereocenters. The topological polar surface area (TPSA) is 38.3 Å². The Kier molecular flexibility index (Phi) is 7.10. The minimum atomic E-state index is -0.131. The molecule has 0 radical (unpaired) electrons. The van der Waals surface area contributed by atoms with Crippen LogP contribution in [0.1, 0.15) is 39.2 Å². The van der Waals surface area contributed by atoms with E-state index in [0.29, 0.717) is 6.42 Å². The number of methoxy groups -OCH3 is 1. The fourth-order valence-electron chi connectivity index (χ4n) is 1.62. The average Bonchev–Trinajstić information content (AvgIpc) is 2.41. The van der Waals surface area contributed by atoms with E-state index in [-0.39, 0.29) is 11.5 Å². The first-order valence-electron chi connectivity index (χ1n) is 6.94. The maximum absolute atomic E-state index is 11.0. The summed E-state index contributed by atoms with van der Waals surface area (Å²) in [6, 6.07) is 8.55. The van der Waals surface area contributed by atoms with Crippen LogP contribution in [0.2, 0.25) is 0 Å². The Morgan fingerprint density at radius 3 is 2.75 bits per heavy atom. The lowest BCUT2D eigenvalue weighted by Gasteiger charge is -2.20. The number of carbonyl (C=O) groups excluding carboxylic acids is 1. The maximum atomic E-state index is 11.0. The zero-order valence-corrected chi connectivity index (χ0v) is 13.7. The summed E-state index contributed by atoms with van der Waals surface area (Å²) in [7, 11) is 1.43. The van der Waals surface area contributed by atoms with Gasteiger partial charge in [-0.2, -0.15) is 0 Å². The molecule has 0 saturated carbocycles. The average molecular weight is 295 g/mol. The number of hydrogen-bond acceptors (Lipinski definition) is 4. The number of nitrogens with one attached hydrogen (secondary N) is 1. The van der Waals surface area contributed by atoms with Crippen LogP contribution >= 0.6 is 11.8 Å². The monoisotopic (exact) mass is 295 g/mol. The van der Waals surface area contributed by atoms with Crippen molar-refractivity contribution in [1.29, 1.82) is 0 Å². The molecule has 112 valence electrons. The molecular formula is C16H25NO2S. The molecule has 0 aliphatic heterocycles. The van der Waals surface area contributed by atoms with Gasteiger partial charge in [-0.05, 0) is 50.6 Å². The minimum absolute atomic E-state index is 0.129. The van der Waals surface area contributed by atoms with Gasteiger partial charge in [-0.3, -0.25) is 4.79 Å².